The summed E-state index contributed by atoms with van der Waals surface area (Å²) >= 11 is 0. The van der Waals surface area contributed by atoms with Crippen LogP contribution in [0.25, 0.3) is 77.2 Å². The molecule has 4 heteroatoms. The lowest BCUT2D eigenvalue weighted by atomic mass is 9.90. The summed E-state index contributed by atoms with van der Waals surface area (Å²) in [6, 6.07) is 61.6. The van der Waals surface area contributed by atoms with E-state index < -0.39 is 0 Å². The lowest BCUT2D eigenvalue weighted by Gasteiger charge is -2.17. The minimum Gasteiger partial charge on any atom is -0.309 e. The molecule has 0 aliphatic heterocycles. The van der Waals surface area contributed by atoms with Gasteiger partial charge in [0.15, 0.2) is 0 Å². The standard InChI is InChI=1S/C56H40N4/c1-35-5-3-7-47(29-35)59-51-31-45(39-13-9-37(33-57)10-14-39)25-27-49(51)53-41-17-21-43(55(53)59)23-19-42-18-22-44(24-20-41)56-54(42)50-28-26-46(40-15-11-38(34-58)12-16-40)32-52(50)60(56)48-8-4-6-36(2)30-48/h3-18,21-22,25-32H,19-20,23-24H2,1-2H3. The van der Waals surface area contributed by atoms with Gasteiger partial charge in [-0.05, 0) is 156 Å². The van der Waals surface area contributed by atoms with E-state index in [9.17, 15) is 10.5 Å². The third-order valence-corrected chi connectivity index (χ3v) is 12.7. The zero-order valence-electron chi connectivity index (χ0n) is 33.6. The van der Waals surface area contributed by atoms with Crippen LogP contribution in [-0.2, 0) is 25.7 Å². The van der Waals surface area contributed by atoms with Crippen molar-refractivity contribution in [3.63, 3.8) is 0 Å². The highest BCUT2D eigenvalue weighted by Crippen LogP contribution is 2.43. The van der Waals surface area contributed by atoms with Crippen molar-refractivity contribution in [2.45, 2.75) is 39.5 Å². The molecule has 60 heavy (non-hydrogen) atoms. The number of aromatic nitrogens is 2. The van der Waals surface area contributed by atoms with Crippen molar-refractivity contribution in [2.75, 3.05) is 0 Å². The fourth-order valence-electron chi connectivity index (χ4n) is 9.82. The van der Waals surface area contributed by atoms with Crippen LogP contribution >= 0.6 is 0 Å². The molecule has 8 aromatic carbocycles. The molecule has 2 aromatic heterocycles. The van der Waals surface area contributed by atoms with Crippen molar-refractivity contribution in [1.29, 1.82) is 10.5 Å². The summed E-state index contributed by atoms with van der Waals surface area (Å²) in [5.74, 6) is 0. The summed E-state index contributed by atoms with van der Waals surface area (Å²) in [4.78, 5) is 0. The molecule has 0 spiro atoms. The number of fused-ring (bicyclic) bond motifs is 7. The molecule has 284 valence electrons. The normalized spacial score (nSPS) is 12.5. The average Bonchev–Trinajstić information content (AvgIpc) is 3.81. The minimum atomic E-state index is 0.665. The van der Waals surface area contributed by atoms with Gasteiger partial charge in [-0.3, -0.25) is 0 Å². The Labute approximate surface area is 349 Å². The van der Waals surface area contributed by atoms with Crippen molar-refractivity contribution in [2.24, 2.45) is 0 Å². The molecule has 0 atom stereocenters. The molecule has 0 radical (unpaired) electrons. The molecule has 4 bridgehead atoms. The van der Waals surface area contributed by atoms with E-state index in [1.165, 1.54) is 88.4 Å². The zero-order valence-corrected chi connectivity index (χ0v) is 33.6. The Morgan fingerprint density at radius 3 is 1.18 bits per heavy atom. The molecule has 4 nitrogen and oxygen atoms in total. The first-order valence-electron chi connectivity index (χ1n) is 20.8. The number of aryl methyl sites for hydroxylation is 6. The SMILES string of the molecule is Cc1cccc(-n2c3cc(-c4ccc(C#N)cc4)ccc3c3c4ccc(c32)CCc2ccc(c3c2c2ccc(-c5ccc(C#N)cc5)cc2n3-c2cccc(C)c2)CC4)c1. The van der Waals surface area contributed by atoms with Crippen LogP contribution in [0.2, 0.25) is 0 Å². The molecule has 0 N–H and O–H groups in total. The minimum absolute atomic E-state index is 0.665. The van der Waals surface area contributed by atoms with Crippen LogP contribution in [-0.4, -0.2) is 9.13 Å². The van der Waals surface area contributed by atoms with Crippen molar-refractivity contribution in [3.05, 3.63) is 202 Å². The van der Waals surface area contributed by atoms with Crippen LogP contribution in [0.5, 0.6) is 0 Å². The second kappa shape index (κ2) is 14.0. The van der Waals surface area contributed by atoms with Gasteiger partial charge in [0.2, 0.25) is 0 Å². The molecule has 0 amide bonds. The predicted octanol–water partition coefficient (Wildman–Crippen LogP) is 13.5. The molecular weight excluding hydrogens is 729 g/mol. The van der Waals surface area contributed by atoms with E-state index in [4.69, 9.17) is 0 Å². The van der Waals surface area contributed by atoms with Gasteiger partial charge in [0.1, 0.15) is 0 Å². The van der Waals surface area contributed by atoms with Gasteiger partial charge in [-0.1, -0.05) is 97.1 Å². The van der Waals surface area contributed by atoms with Crippen LogP contribution in [0.1, 0.15) is 44.5 Å². The molecule has 0 saturated heterocycles. The maximum absolute atomic E-state index is 9.48. The number of hydrogen-bond donors (Lipinski definition) is 0. The number of nitrogens with zero attached hydrogens (tertiary/aromatic N) is 4. The van der Waals surface area contributed by atoms with Gasteiger partial charge in [0.05, 0.1) is 45.3 Å². The molecule has 0 unspecified atom stereocenters. The monoisotopic (exact) mass is 768 g/mol. The van der Waals surface area contributed by atoms with Crippen molar-refractivity contribution in [3.8, 4) is 45.8 Å². The average molecular weight is 769 g/mol. The Morgan fingerprint density at radius 2 is 0.783 bits per heavy atom. The van der Waals surface area contributed by atoms with E-state index in [0.29, 0.717) is 11.1 Å². The highest BCUT2D eigenvalue weighted by atomic mass is 15.0. The molecular formula is C56H40N4. The van der Waals surface area contributed by atoms with E-state index in [1.54, 1.807) is 0 Å². The Kier molecular flexibility index (Phi) is 8.29. The van der Waals surface area contributed by atoms with Gasteiger partial charge >= 0.3 is 0 Å². The van der Waals surface area contributed by atoms with E-state index in [-0.39, 0.29) is 0 Å². The molecule has 2 aliphatic carbocycles. The highest BCUT2D eigenvalue weighted by molar-refractivity contribution is 6.14. The van der Waals surface area contributed by atoms with Gasteiger partial charge in [-0.2, -0.15) is 10.5 Å². The summed E-state index contributed by atoms with van der Waals surface area (Å²) in [6.07, 6.45) is 3.55. The maximum Gasteiger partial charge on any atom is 0.0991 e. The first kappa shape index (κ1) is 35.5. The largest absolute Gasteiger partial charge is 0.309 e. The fourth-order valence-corrected chi connectivity index (χ4v) is 9.82. The molecule has 0 saturated carbocycles. The number of benzene rings is 8. The molecule has 2 aliphatic rings. The van der Waals surface area contributed by atoms with E-state index in [1.807, 2.05) is 24.3 Å². The Bertz CT molecular complexity index is 3220. The topological polar surface area (TPSA) is 57.4 Å². The third kappa shape index (κ3) is 5.72. The first-order chi connectivity index (χ1) is 29.4. The van der Waals surface area contributed by atoms with Gasteiger partial charge in [0, 0.05) is 32.9 Å². The summed E-state index contributed by atoms with van der Waals surface area (Å²) in [5.41, 5.74) is 21.0. The summed E-state index contributed by atoms with van der Waals surface area (Å²) in [6.45, 7) is 4.35. The number of rotatable bonds is 4. The second-order valence-corrected chi connectivity index (χ2v) is 16.4. The predicted molar refractivity (Wildman–Crippen MR) is 246 cm³/mol. The fraction of sp³-hybridized carbons (Fsp3) is 0.107. The lowest BCUT2D eigenvalue weighted by molar-refractivity contribution is 0.937. The summed E-state index contributed by atoms with van der Waals surface area (Å²) < 4.78 is 5.03. The van der Waals surface area contributed by atoms with Crippen LogP contribution in [0.4, 0.5) is 0 Å². The summed E-state index contributed by atoms with van der Waals surface area (Å²) in [7, 11) is 0. The van der Waals surface area contributed by atoms with E-state index in [2.05, 4.69) is 169 Å². The van der Waals surface area contributed by atoms with Crippen LogP contribution in [0.15, 0.2) is 158 Å². The lowest BCUT2D eigenvalue weighted by Crippen LogP contribution is -2.04. The van der Waals surface area contributed by atoms with Crippen molar-refractivity contribution >= 4 is 43.6 Å². The number of hydrogen-bond acceptors (Lipinski definition) is 2. The molecule has 2 heterocycles. The van der Waals surface area contributed by atoms with Crippen molar-refractivity contribution in [1.82, 2.24) is 9.13 Å². The van der Waals surface area contributed by atoms with Crippen LogP contribution in [0.3, 0.4) is 0 Å². The van der Waals surface area contributed by atoms with Crippen molar-refractivity contribution < 1.29 is 0 Å². The molecule has 0 fully saturated rings. The first-order valence-corrected chi connectivity index (χ1v) is 20.8. The van der Waals surface area contributed by atoms with Gasteiger partial charge in [-0.25, -0.2) is 0 Å². The molecule has 12 rings (SSSR count). The third-order valence-electron chi connectivity index (χ3n) is 12.7. The smallest absolute Gasteiger partial charge is 0.0991 e. The zero-order chi connectivity index (χ0) is 40.5. The van der Waals surface area contributed by atoms with Gasteiger partial charge in [0.25, 0.3) is 0 Å². The van der Waals surface area contributed by atoms with Crippen LogP contribution < -0.4 is 0 Å². The maximum atomic E-state index is 9.48. The van der Waals surface area contributed by atoms with Crippen LogP contribution in [0, 0.1) is 36.5 Å². The molecule has 10 aromatic rings. The second-order valence-electron chi connectivity index (χ2n) is 16.4. The van der Waals surface area contributed by atoms with Gasteiger partial charge < -0.3 is 9.13 Å². The Hall–Kier alpha value is -7.66. The quantitative estimate of drug-likeness (QED) is 0.179. The van der Waals surface area contributed by atoms with E-state index >= 15 is 0 Å². The number of nitriles is 2. The van der Waals surface area contributed by atoms with Gasteiger partial charge in [-0.15, -0.1) is 0 Å². The Balaban J connectivity index is 1.15. The summed E-state index contributed by atoms with van der Waals surface area (Å²) in [5, 5.41) is 24.2. The highest BCUT2D eigenvalue weighted by Gasteiger charge is 2.24. The van der Waals surface area contributed by atoms with E-state index in [0.717, 1.165) is 47.9 Å². The Morgan fingerprint density at radius 1 is 0.400 bits per heavy atom.